The van der Waals surface area contributed by atoms with Crippen molar-refractivity contribution in [2.45, 2.75) is 13.0 Å². The summed E-state index contributed by atoms with van der Waals surface area (Å²) in [6, 6.07) is 11.9. The van der Waals surface area contributed by atoms with E-state index in [2.05, 4.69) is 11.1 Å². The second-order valence-electron chi connectivity index (χ2n) is 4.36. The molecule has 0 saturated carbocycles. The van der Waals surface area contributed by atoms with Crippen LogP contribution in [0.4, 0.5) is 0 Å². The normalized spacial score (nSPS) is 13.7. The van der Waals surface area contributed by atoms with Crippen molar-refractivity contribution >= 4 is 11.6 Å². The van der Waals surface area contributed by atoms with E-state index in [1.807, 2.05) is 30.3 Å². The number of ether oxygens (including phenoxy) is 1. The fourth-order valence-electron chi connectivity index (χ4n) is 2.37. The van der Waals surface area contributed by atoms with Gasteiger partial charge in [0.2, 0.25) is 0 Å². The molecule has 1 aromatic heterocycles. The lowest BCUT2D eigenvalue weighted by Crippen LogP contribution is -2.14. The number of hydrogen-bond donors (Lipinski definition) is 0. The van der Waals surface area contributed by atoms with Crippen LogP contribution in [0.15, 0.2) is 30.3 Å². The van der Waals surface area contributed by atoms with Crippen molar-refractivity contribution in [2.75, 3.05) is 6.61 Å². The zero-order valence-corrected chi connectivity index (χ0v) is 10.9. The Morgan fingerprint density at radius 3 is 2.79 bits per heavy atom. The lowest BCUT2D eigenvalue weighted by molar-refractivity contribution is 0.109. The molecule has 1 aliphatic heterocycles. The molecule has 0 radical (unpaired) electrons. The highest BCUT2D eigenvalue weighted by Gasteiger charge is 2.22. The molecule has 2 heterocycles. The summed E-state index contributed by atoms with van der Waals surface area (Å²) in [5.41, 5.74) is 4.19. The highest BCUT2D eigenvalue weighted by atomic mass is 35.5. The lowest BCUT2D eigenvalue weighted by atomic mass is 9.93. The number of aromatic nitrogens is 1. The molecule has 2 aromatic rings. The number of benzene rings is 1. The van der Waals surface area contributed by atoms with E-state index in [9.17, 15) is 5.26 Å². The smallest absolute Gasteiger partial charge is 0.147 e. The predicted molar refractivity (Wildman–Crippen MR) is 72.8 cm³/mol. The molecule has 94 valence electrons. The Kier molecular flexibility index (Phi) is 3.20. The van der Waals surface area contributed by atoms with Gasteiger partial charge in [-0.05, 0) is 5.56 Å². The van der Waals surface area contributed by atoms with Crippen LogP contribution in [-0.2, 0) is 17.8 Å². The molecule has 0 fully saturated rings. The molecule has 0 bridgehead atoms. The van der Waals surface area contributed by atoms with Crippen molar-refractivity contribution in [3.63, 3.8) is 0 Å². The van der Waals surface area contributed by atoms with Gasteiger partial charge in [0.1, 0.15) is 11.2 Å². The molecule has 4 heteroatoms. The van der Waals surface area contributed by atoms with Crippen LogP contribution in [0.2, 0.25) is 5.15 Å². The summed E-state index contributed by atoms with van der Waals surface area (Å²) in [5.74, 6) is 0. The maximum absolute atomic E-state index is 9.35. The first kappa shape index (κ1) is 12.2. The molecule has 3 nitrogen and oxygen atoms in total. The third-order valence-electron chi connectivity index (χ3n) is 3.24. The van der Waals surface area contributed by atoms with Crippen LogP contribution in [0, 0.1) is 11.3 Å². The topological polar surface area (TPSA) is 45.9 Å². The zero-order valence-electron chi connectivity index (χ0n) is 10.2. The fraction of sp³-hybridized carbons (Fsp3) is 0.200. The van der Waals surface area contributed by atoms with Crippen LogP contribution in [-0.4, -0.2) is 11.6 Å². The first-order valence-corrected chi connectivity index (χ1v) is 6.43. The molecule has 1 aromatic carbocycles. The number of fused-ring (bicyclic) bond motifs is 1. The van der Waals surface area contributed by atoms with Crippen LogP contribution < -0.4 is 0 Å². The third-order valence-corrected chi connectivity index (χ3v) is 3.52. The standard InChI is InChI=1S/C15H11ClN2O/c16-15-11(8-17)14(10-4-2-1-3-5-10)12-9-19-7-6-13(12)18-15/h1-5H,6-7,9H2. The van der Waals surface area contributed by atoms with E-state index in [0.717, 1.165) is 28.8 Å². The summed E-state index contributed by atoms with van der Waals surface area (Å²) in [5, 5.41) is 9.63. The van der Waals surface area contributed by atoms with Gasteiger partial charge in [-0.3, -0.25) is 0 Å². The zero-order chi connectivity index (χ0) is 13.2. The number of nitrogens with zero attached hydrogens (tertiary/aromatic N) is 2. The van der Waals surface area contributed by atoms with Crippen molar-refractivity contribution in [1.82, 2.24) is 4.98 Å². The molecular weight excluding hydrogens is 260 g/mol. The predicted octanol–water partition coefficient (Wildman–Crippen LogP) is 3.35. The molecule has 0 aliphatic carbocycles. The van der Waals surface area contributed by atoms with Crippen LogP contribution in [0.1, 0.15) is 16.8 Å². The van der Waals surface area contributed by atoms with E-state index in [1.165, 1.54) is 0 Å². The summed E-state index contributed by atoms with van der Waals surface area (Å²) in [6.07, 6.45) is 0.737. The Hall–Kier alpha value is -1.89. The minimum Gasteiger partial charge on any atom is -0.376 e. The van der Waals surface area contributed by atoms with Crippen LogP contribution in [0.5, 0.6) is 0 Å². The molecule has 0 N–H and O–H groups in total. The van der Waals surface area contributed by atoms with Crippen molar-refractivity contribution in [3.05, 3.63) is 52.3 Å². The number of halogens is 1. The second kappa shape index (κ2) is 5.00. The summed E-state index contributed by atoms with van der Waals surface area (Å²) in [7, 11) is 0. The fourth-order valence-corrected chi connectivity index (χ4v) is 2.61. The average Bonchev–Trinajstić information content (AvgIpc) is 2.46. The number of pyridine rings is 1. The summed E-state index contributed by atoms with van der Waals surface area (Å²) < 4.78 is 5.50. The highest BCUT2D eigenvalue weighted by Crippen LogP contribution is 2.34. The van der Waals surface area contributed by atoms with Gasteiger partial charge in [0, 0.05) is 17.5 Å². The van der Waals surface area contributed by atoms with Crippen LogP contribution >= 0.6 is 11.6 Å². The Bertz CT molecular complexity index is 662. The van der Waals surface area contributed by atoms with Gasteiger partial charge < -0.3 is 4.74 Å². The minimum atomic E-state index is 0.280. The monoisotopic (exact) mass is 270 g/mol. The van der Waals surface area contributed by atoms with E-state index in [1.54, 1.807) is 0 Å². The first-order chi connectivity index (χ1) is 9.31. The van der Waals surface area contributed by atoms with Crippen molar-refractivity contribution in [2.24, 2.45) is 0 Å². The van der Waals surface area contributed by atoms with Gasteiger partial charge in [-0.25, -0.2) is 4.98 Å². The van der Waals surface area contributed by atoms with Gasteiger partial charge in [0.15, 0.2) is 0 Å². The second-order valence-corrected chi connectivity index (χ2v) is 4.72. The SMILES string of the molecule is N#Cc1c(Cl)nc2c(c1-c1ccccc1)COCC2. The molecule has 0 unspecified atom stereocenters. The van der Waals surface area contributed by atoms with Gasteiger partial charge in [-0.1, -0.05) is 41.9 Å². The largest absolute Gasteiger partial charge is 0.376 e. The average molecular weight is 271 g/mol. The Balaban J connectivity index is 2.32. The molecule has 0 atom stereocenters. The molecule has 1 aliphatic rings. The molecular formula is C15H11ClN2O. The third kappa shape index (κ3) is 2.10. The molecule has 3 rings (SSSR count). The molecule has 19 heavy (non-hydrogen) atoms. The van der Waals surface area contributed by atoms with E-state index < -0.39 is 0 Å². The quantitative estimate of drug-likeness (QED) is 0.747. The Morgan fingerprint density at radius 2 is 2.05 bits per heavy atom. The van der Waals surface area contributed by atoms with Crippen LogP contribution in [0.3, 0.4) is 0 Å². The molecule has 0 amide bonds. The van der Waals surface area contributed by atoms with Crippen molar-refractivity contribution < 1.29 is 4.74 Å². The van der Waals surface area contributed by atoms with Crippen molar-refractivity contribution in [1.29, 1.82) is 5.26 Å². The van der Waals surface area contributed by atoms with Gasteiger partial charge in [0.25, 0.3) is 0 Å². The van der Waals surface area contributed by atoms with Crippen LogP contribution in [0.25, 0.3) is 11.1 Å². The highest BCUT2D eigenvalue weighted by molar-refractivity contribution is 6.31. The minimum absolute atomic E-state index is 0.280. The Labute approximate surface area is 116 Å². The van der Waals surface area contributed by atoms with E-state index in [4.69, 9.17) is 16.3 Å². The maximum atomic E-state index is 9.35. The van der Waals surface area contributed by atoms with Gasteiger partial charge in [-0.15, -0.1) is 0 Å². The maximum Gasteiger partial charge on any atom is 0.147 e. The number of rotatable bonds is 1. The Morgan fingerprint density at radius 1 is 1.26 bits per heavy atom. The number of nitriles is 1. The first-order valence-electron chi connectivity index (χ1n) is 6.05. The van der Waals surface area contributed by atoms with E-state index in [0.29, 0.717) is 18.8 Å². The summed E-state index contributed by atoms with van der Waals surface area (Å²) in [4.78, 5) is 4.33. The molecule has 0 spiro atoms. The van der Waals surface area contributed by atoms with Gasteiger partial charge in [0.05, 0.1) is 24.5 Å². The number of hydrogen-bond acceptors (Lipinski definition) is 3. The van der Waals surface area contributed by atoms with Gasteiger partial charge in [-0.2, -0.15) is 5.26 Å². The molecule has 0 saturated heterocycles. The van der Waals surface area contributed by atoms with E-state index in [-0.39, 0.29) is 5.15 Å². The van der Waals surface area contributed by atoms with E-state index >= 15 is 0 Å². The summed E-state index contributed by atoms with van der Waals surface area (Å²) in [6.45, 7) is 1.13. The summed E-state index contributed by atoms with van der Waals surface area (Å²) >= 11 is 6.14. The van der Waals surface area contributed by atoms with Gasteiger partial charge >= 0.3 is 0 Å². The lowest BCUT2D eigenvalue weighted by Gasteiger charge is -2.20. The van der Waals surface area contributed by atoms with Crippen molar-refractivity contribution in [3.8, 4) is 17.2 Å².